The second-order valence-electron chi connectivity index (χ2n) is 5.09. The SMILES string of the molecule is CCOCn1c(C)c(CNc2ccc(C)cc2)c(=O)[nH]c1=O. The number of aromatic amines is 1. The van der Waals surface area contributed by atoms with Gasteiger partial charge in [-0.1, -0.05) is 17.7 Å². The van der Waals surface area contributed by atoms with Crippen LogP contribution in [0, 0.1) is 13.8 Å². The molecule has 1 heterocycles. The molecule has 2 aromatic rings. The van der Waals surface area contributed by atoms with Crippen LogP contribution in [0.5, 0.6) is 0 Å². The zero-order valence-electron chi connectivity index (χ0n) is 13.1. The molecule has 0 fully saturated rings. The molecule has 22 heavy (non-hydrogen) atoms. The van der Waals surface area contributed by atoms with Gasteiger partial charge in [-0.15, -0.1) is 0 Å². The van der Waals surface area contributed by atoms with Gasteiger partial charge in [0.25, 0.3) is 5.56 Å². The summed E-state index contributed by atoms with van der Waals surface area (Å²) in [6.07, 6.45) is 0. The Morgan fingerprint density at radius 2 is 1.86 bits per heavy atom. The van der Waals surface area contributed by atoms with Crippen LogP contribution < -0.4 is 16.6 Å². The van der Waals surface area contributed by atoms with E-state index in [4.69, 9.17) is 4.74 Å². The lowest BCUT2D eigenvalue weighted by Crippen LogP contribution is -2.35. The highest BCUT2D eigenvalue weighted by atomic mass is 16.5. The van der Waals surface area contributed by atoms with Crippen molar-refractivity contribution in [3.05, 3.63) is 61.9 Å². The first kappa shape index (κ1) is 16.0. The number of nitrogens with zero attached hydrogens (tertiary/aromatic N) is 1. The van der Waals surface area contributed by atoms with Crippen LogP contribution in [0.4, 0.5) is 5.69 Å². The summed E-state index contributed by atoms with van der Waals surface area (Å²) in [5.74, 6) is 0. The number of hydrogen-bond donors (Lipinski definition) is 2. The van der Waals surface area contributed by atoms with Crippen LogP contribution in [0.1, 0.15) is 23.7 Å². The van der Waals surface area contributed by atoms with E-state index in [-0.39, 0.29) is 12.3 Å². The van der Waals surface area contributed by atoms with Crippen molar-refractivity contribution in [1.29, 1.82) is 0 Å². The summed E-state index contributed by atoms with van der Waals surface area (Å²) in [5, 5.41) is 3.20. The third-order valence-corrected chi connectivity index (χ3v) is 3.53. The zero-order chi connectivity index (χ0) is 16.1. The molecule has 1 aromatic carbocycles. The van der Waals surface area contributed by atoms with Crippen molar-refractivity contribution in [2.24, 2.45) is 0 Å². The molecule has 1 aromatic heterocycles. The molecule has 0 aliphatic rings. The van der Waals surface area contributed by atoms with Gasteiger partial charge < -0.3 is 10.1 Å². The Morgan fingerprint density at radius 3 is 2.50 bits per heavy atom. The Kier molecular flexibility index (Phi) is 5.16. The van der Waals surface area contributed by atoms with E-state index in [9.17, 15) is 9.59 Å². The summed E-state index contributed by atoms with van der Waals surface area (Å²) in [6, 6.07) is 7.90. The molecular weight excluding hydrogens is 282 g/mol. The standard InChI is InChI=1S/C16H21N3O3/c1-4-22-10-19-12(3)14(15(20)18-16(19)21)9-17-13-7-5-11(2)6-8-13/h5-8,17H,4,9-10H2,1-3H3,(H,18,20,21). The van der Waals surface area contributed by atoms with Gasteiger partial charge in [-0.25, -0.2) is 4.79 Å². The van der Waals surface area contributed by atoms with Gasteiger partial charge in [-0.2, -0.15) is 0 Å². The molecule has 0 amide bonds. The van der Waals surface area contributed by atoms with Crippen LogP contribution >= 0.6 is 0 Å². The molecule has 6 nitrogen and oxygen atoms in total. The number of aryl methyl sites for hydroxylation is 1. The minimum Gasteiger partial charge on any atom is -0.381 e. The van der Waals surface area contributed by atoms with E-state index in [1.807, 2.05) is 38.1 Å². The molecule has 0 atom stereocenters. The van der Waals surface area contributed by atoms with Crippen LogP contribution in [0.2, 0.25) is 0 Å². The van der Waals surface area contributed by atoms with Gasteiger partial charge in [-0.05, 0) is 32.9 Å². The molecule has 0 aliphatic carbocycles. The van der Waals surface area contributed by atoms with Gasteiger partial charge in [0.15, 0.2) is 0 Å². The molecule has 2 N–H and O–H groups in total. The molecule has 118 valence electrons. The highest BCUT2D eigenvalue weighted by molar-refractivity contribution is 5.45. The van der Waals surface area contributed by atoms with Crippen LogP contribution in [0.3, 0.4) is 0 Å². The number of H-pyrrole nitrogens is 1. The number of anilines is 1. The lowest BCUT2D eigenvalue weighted by Gasteiger charge is -2.14. The molecule has 0 aliphatic heterocycles. The molecule has 6 heteroatoms. The van der Waals surface area contributed by atoms with Gasteiger partial charge in [0.1, 0.15) is 6.73 Å². The van der Waals surface area contributed by atoms with Crippen molar-refractivity contribution in [3.63, 3.8) is 0 Å². The zero-order valence-corrected chi connectivity index (χ0v) is 13.1. The summed E-state index contributed by atoms with van der Waals surface area (Å²) in [5.41, 5.74) is 2.42. The first-order valence-electron chi connectivity index (χ1n) is 7.23. The molecule has 0 unspecified atom stereocenters. The maximum atomic E-state index is 12.0. The summed E-state index contributed by atoms with van der Waals surface area (Å²) in [6.45, 7) is 6.60. The van der Waals surface area contributed by atoms with Gasteiger partial charge in [0, 0.05) is 24.5 Å². The van der Waals surface area contributed by atoms with E-state index < -0.39 is 5.69 Å². The third kappa shape index (κ3) is 3.65. The Bertz CT molecular complexity index is 745. The average molecular weight is 303 g/mol. The highest BCUT2D eigenvalue weighted by Crippen LogP contribution is 2.10. The van der Waals surface area contributed by atoms with Crippen molar-refractivity contribution >= 4 is 5.69 Å². The lowest BCUT2D eigenvalue weighted by molar-refractivity contribution is 0.0826. The average Bonchev–Trinajstić information content (AvgIpc) is 2.48. The van der Waals surface area contributed by atoms with Crippen LogP contribution in [0.25, 0.3) is 0 Å². The Labute approximate surface area is 128 Å². The Morgan fingerprint density at radius 1 is 1.18 bits per heavy atom. The first-order valence-corrected chi connectivity index (χ1v) is 7.23. The Balaban J connectivity index is 2.24. The van der Waals surface area contributed by atoms with Crippen molar-refractivity contribution in [3.8, 4) is 0 Å². The second kappa shape index (κ2) is 7.09. The van der Waals surface area contributed by atoms with Crippen LogP contribution in [-0.4, -0.2) is 16.2 Å². The Hall–Kier alpha value is -2.34. The third-order valence-electron chi connectivity index (χ3n) is 3.53. The minimum atomic E-state index is -0.449. The molecule has 0 spiro atoms. The fourth-order valence-corrected chi connectivity index (χ4v) is 2.13. The normalized spacial score (nSPS) is 10.7. The van der Waals surface area contributed by atoms with E-state index in [0.717, 1.165) is 5.69 Å². The predicted molar refractivity (Wildman–Crippen MR) is 86.2 cm³/mol. The smallest absolute Gasteiger partial charge is 0.330 e. The number of nitrogens with one attached hydrogen (secondary N) is 2. The van der Waals surface area contributed by atoms with E-state index in [1.165, 1.54) is 10.1 Å². The van der Waals surface area contributed by atoms with Gasteiger partial charge in [-0.3, -0.25) is 14.3 Å². The maximum absolute atomic E-state index is 12.0. The van der Waals surface area contributed by atoms with E-state index in [0.29, 0.717) is 24.4 Å². The molecular formula is C16H21N3O3. The minimum absolute atomic E-state index is 0.134. The number of benzene rings is 1. The number of hydrogen-bond acceptors (Lipinski definition) is 4. The largest absolute Gasteiger partial charge is 0.381 e. The van der Waals surface area contributed by atoms with Crippen molar-refractivity contribution in [2.75, 3.05) is 11.9 Å². The quantitative estimate of drug-likeness (QED) is 0.852. The summed E-state index contributed by atoms with van der Waals surface area (Å²) in [4.78, 5) is 26.2. The van der Waals surface area contributed by atoms with Crippen LogP contribution in [-0.2, 0) is 18.0 Å². The topological polar surface area (TPSA) is 76.1 Å². The molecule has 0 saturated carbocycles. The predicted octanol–water partition coefficient (Wildman–Crippen LogP) is 1.76. The number of ether oxygens (including phenoxy) is 1. The molecule has 2 rings (SSSR count). The molecule has 0 radical (unpaired) electrons. The fraction of sp³-hybridized carbons (Fsp3) is 0.375. The monoisotopic (exact) mass is 303 g/mol. The fourth-order valence-electron chi connectivity index (χ4n) is 2.13. The summed E-state index contributed by atoms with van der Waals surface area (Å²) in [7, 11) is 0. The van der Waals surface area contributed by atoms with Crippen molar-refractivity contribution in [2.45, 2.75) is 34.0 Å². The van der Waals surface area contributed by atoms with Gasteiger partial charge >= 0.3 is 5.69 Å². The first-order chi connectivity index (χ1) is 10.5. The van der Waals surface area contributed by atoms with Gasteiger partial charge in [0.05, 0.1) is 5.56 Å². The molecule has 0 saturated heterocycles. The maximum Gasteiger partial charge on any atom is 0.330 e. The van der Waals surface area contributed by atoms with Crippen molar-refractivity contribution < 1.29 is 4.74 Å². The van der Waals surface area contributed by atoms with E-state index in [1.54, 1.807) is 6.92 Å². The molecule has 0 bridgehead atoms. The number of aromatic nitrogens is 2. The van der Waals surface area contributed by atoms with E-state index >= 15 is 0 Å². The van der Waals surface area contributed by atoms with E-state index in [2.05, 4.69) is 10.3 Å². The van der Waals surface area contributed by atoms with Crippen LogP contribution in [0.15, 0.2) is 33.9 Å². The summed E-state index contributed by atoms with van der Waals surface area (Å²) < 4.78 is 6.70. The second-order valence-corrected chi connectivity index (χ2v) is 5.09. The summed E-state index contributed by atoms with van der Waals surface area (Å²) >= 11 is 0. The van der Waals surface area contributed by atoms with Crippen molar-refractivity contribution in [1.82, 2.24) is 9.55 Å². The highest BCUT2D eigenvalue weighted by Gasteiger charge is 2.11. The van der Waals surface area contributed by atoms with Gasteiger partial charge in [0.2, 0.25) is 0 Å². The lowest BCUT2D eigenvalue weighted by atomic mass is 10.2. The number of rotatable bonds is 6.